The maximum Gasteiger partial charge on any atom is 0.243 e. The molecule has 20 heavy (non-hydrogen) atoms. The first-order valence-corrected chi connectivity index (χ1v) is 7.96. The molecule has 112 valence electrons. The number of nitrogens with two attached hydrogens (primary N) is 1. The van der Waals surface area contributed by atoms with Crippen molar-refractivity contribution < 1.29 is 18.3 Å². The van der Waals surface area contributed by atoms with Gasteiger partial charge in [-0.05, 0) is 24.6 Å². The Morgan fingerprint density at radius 1 is 1.55 bits per heavy atom. The minimum Gasteiger partial charge on any atom is -0.398 e. The number of sulfonamides is 1. The fourth-order valence-electron chi connectivity index (χ4n) is 1.99. The molecule has 6 nitrogen and oxygen atoms in total. The van der Waals surface area contributed by atoms with Gasteiger partial charge in [-0.1, -0.05) is 11.6 Å². The minimum atomic E-state index is -3.69. The summed E-state index contributed by atoms with van der Waals surface area (Å²) in [6.07, 6.45) is -0.503. The summed E-state index contributed by atoms with van der Waals surface area (Å²) in [5, 5.41) is 9.40. The maximum absolute atomic E-state index is 12.5. The number of aliphatic hydroxyl groups excluding tert-OH is 1. The first kappa shape index (κ1) is 15.5. The van der Waals surface area contributed by atoms with E-state index in [1.54, 1.807) is 6.92 Å². The predicted octanol–water partition coefficient (Wildman–Crippen LogP) is 0.612. The highest BCUT2D eigenvalue weighted by atomic mass is 35.5. The van der Waals surface area contributed by atoms with Crippen LogP contribution in [0.3, 0.4) is 0 Å². The number of nitrogen functional groups attached to an aromatic ring is 1. The maximum atomic E-state index is 12.5. The standard InChI is InChI=1S/C12H17ClN2O4S/c1-8-11(13)4-10(5-12(8)14)20(17,18)15-2-3-19-9(6-15)7-16/h4-5,9,16H,2-3,6-7,14H2,1H3. The Labute approximate surface area is 123 Å². The molecule has 1 heterocycles. The average molecular weight is 321 g/mol. The van der Waals surface area contributed by atoms with Gasteiger partial charge in [-0.15, -0.1) is 0 Å². The van der Waals surface area contributed by atoms with Crippen LogP contribution in [0.5, 0.6) is 0 Å². The van der Waals surface area contributed by atoms with E-state index in [9.17, 15) is 8.42 Å². The van der Waals surface area contributed by atoms with Gasteiger partial charge in [0.2, 0.25) is 10.0 Å². The van der Waals surface area contributed by atoms with Gasteiger partial charge in [0.1, 0.15) is 0 Å². The molecular formula is C12H17ClN2O4S. The van der Waals surface area contributed by atoms with Crippen molar-refractivity contribution in [3.63, 3.8) is 0 Å². The van der Waals surface area contributed by atoms with E-state index in [1.165, 1.54) is 16.4 Å². The normalized spacial score (nSPS) is 21.1. The van der Waals surface area contributed by atoms with E-state index >= 15 is 0 Å². The molecule has 0 bridgehead atoms. The quantitative estimate of drug-likeness (QED) is 0.796. The monoisotopic (exact) mass is 320 g/mol. The molecule has 1 saturated heterocycles. The van der Waals surface area contributed by atoms with Crippen molar-refractivity contribution in [2.75, 3.05) is 32.0 Å². The van der Waals surface area contributed by atoms with E-state index in [0.29, 0.717) is 16.3 Å². The minimum absolute atomic E-state index is 0.0594. The van der Waals surface area contributed by atoms with Crippen molar-refractivity contribution in [3.8, 4) is 0 Å². The lowest BCUT2D eigenvalue weighted by molar-refractivity contribution is -0.0304. The SMILES string of the molecule is Cc1c(N)cc(S(=O)(=O)N2CCOC(CO)C2)cc1Cl. The summed E-state index contributed by atoms with van der Waals surface area (Å²) in [4.78, 5) is 0.0594. The van der Waals surface area contributed by atoms with E-state index in [4.69, 9.17) is 27.2 Å². The number of hydrogen-bond acceptors (Lipinski definition) is 5. The van der Waals surface area contributed by atoms with Crippen LogP contribution in [-0.4, -0.2) is 50.2 Å². The summed E-state index contributed by atoms with van der Waals surface area (Å²) in [7, 11) is -3.69. The third kappa shape index (κ3) is 2.91. The lowest BCUT2D eigenvalue weighted by Gasteiger charge is -2.31. The Balaban J connectivity index is 2.35. The summed E-state index contributed by atoms with van der Waals surface area (Å²) in [5.41, 5.74) is 6.76. The van der Waals surface area contributed by atoms with E-state index in [2.05, 4.69) is 0 Å². The third-order valence-electron chi connectivity index (χ3n) is 3.30. The molecule has 0 saturated carbocycles. The summed E-state index contributed by atoms with van der Waals surface area (Å²) in [5.74, 6) is 0. The zero-order chi connectivity index (χ0) is 14.9. The van der Waals surface area contributed by atoms with Gasteiger partial charge in [-0.2, -0.15) is 4.31 Å². The number of rotatable bonds is 3. The Morgan fingerprint density at radius 2 is 2.25 bits per heavy atom. The molecule has 0 amide bonds. The van der Waals surface area contributed by atoms with Crippen LogP contribution in [0.1, 0.15) is 5.56 Å². The highest BCUT2D eigenvalue weighted by Crippen LogP contribution is 2.28. The van der Waals surface area contributed by atoms with Crippen molar-refractivity contribution in [2.24, 2.45) is 0 Å². The van der Waals surface area contributed by atoms with E-state index in [-0.39, 0.29) is 31.2 Å². The van der Waals surface area contributed by atoms with E-state index in [0.717, 1.165) is 0 Å². The Bertz CT molecular complexity index is 582. The van der Waals surface area contributed by atoms with Crippen LogP contribution in [0, 0.1) is 6.92 Å². The molecule has 8 heteroatoms. The number of morpholine rings is 1. The first-order chi connectivity index (χ1) is 9.36. The molecule has 1 unspecified atom stereocenters. The summed E-state index contributed by atoms with van der Waals surface area (Å²) in [6, 6.07) is 2.80. The molecule has 0 spiro atoms. The Morgan fingerprint density at radius 3 is 2.85 bits per heavy atom. The van der Waals surface area contributed by atoms with Crippen molar-refractivity contribution in [3.05, 3.63) is 22.7 Å². The first-order valence-electron chi connectivity index (χ1n) is 6.14. The van der Waals surface area contributed by atoms with Crippen molar-refractivity contribution >= 4 is 27.3 Å². The molecule has 0 aliphatic carbocycles. The van der Waals surface area contributed by atoms with E-state index in [1.807, 2.05) is 0 Å². The van der Waals surface area contributed by atoms with Gasteiger partial charge in [0.25, 0.3) is 0 Å². The molecule has 1 aliphatic rings. The topological polar surface area (TPSA) is 92.9 Å². The molecule has 0 radical (unpaired) electrons. The van der Waals surface area contributed by atoms with Gasteiger partial charge in [-0.25, -0.2) is 8.42 Å². The van der Waals surface area contributed by atoms with Crippen molar-refractivity contribution in [1.82, 2.24) is 4.31 Å². The molecule has 1 aromatic rings. The van der Waals surface area contributed by atoms with Gasteiger partial charge in [-0.3, -0.25) is 0 Å². The summed E-state index contributed by atoms with van der Waals surface area (Å²) < 4.78 is 31.6. The zero-order valence-corrected chi connectivity index (χ0v) is 12.6. The molecule has 1 fully saturated rings. The van der Waals surface area contributed by atoms with Gasteiger partial charge in [0.15, 0.2) is 0 Å². The third-order valence-corrected chi connectivity index (χ3v) is 5.54. The highest BCUT2D eigenvalue weighted by Gasteiger charge is 2.31. The molecule has 1 aliphatic heterocycles. The highest BCUT2D eigenvalue weighted by molar-refractivity contribution is 7.89. The second-order valence-corrected chi connectivity index (χ2v) is 7.00. The van der Waals surface area contributed by atoms with E-state index < -0.39 is 16.1 Å². The summed E-state index contributed by atoms with van der Waals surface area (Å²) >= 11 is 5.99. The van der Waals surface area contributed by atoms with Crippen molar-refractivity contribution in [2.45, 2.75) is 17.9 Å². The number of aliphatic hydroxyl groups is 1. The van der Waals surface area contributed by atoms with Crippen LogP contribution in [0.15, 0.2) is 17.0 Å². The molecule has 2 rings (SSSR count). The second-order valence-electron chi connectivity index (χ2n) is 4.66. The number of nitrogens with zero attached hydrogens (tertiary/aromatic N) is 1. The van der Waals surface area contributed by atoms with Gasteiger partial charge in [0.05, 0.1) is 24.2 Å². The Kier molecular flexibility index (Phi) is 4.55. The fraction of sp³-hybridized carbons (Fsp3) is 0.500. The molecule has 1 aromatic carbocycles. The zero-order valence-electron chi connectivity index (χ0n) is 11.0. The number of anilines is 1. The van der Waals surface area contributed by atoms with Crippen molar-refractivity contribution in [1.29, 1.82) is 0 Å². The number of halogens is 1. The van der Waals surface area contributed by atoms with Gasteiger partial charge >= 0.3 is 0 Å². The van der Waals surface area contributed by atoms with Crippen LogP contribution in [-0.2, 0) is 14.8 Å². The van der Waals surface area contributed by atoms with Crippen LogP contribution in [0.4, 0.5) is 5.69 Å². The average Bonchev–Trinajstić information content (AvgIpc) is 2.44. The lowest BCUT2D eigenvalue weighted by Crippen LogP contribution is -2.46. The number of ether oxygens (including phenoxy) is 1. The number of hydrogen-bond donors (Lipinski definition) is 2. The number of benzene rings is 1. The molecule has 3 N–H and O–H groups in total. The van der Waals surface area contributed by atoms with Crippen LogP contribution in [0.25, 0.3) is 0 Å². The van der Waals surface area contributed by atoms with Gasteiger partial charge in [0, 0.05) is 23.8 Å². The van der Waals surface area contributed by atoms with Gasteiger partial charge < -0.3 is 15.6 Å². The lowest BCUT2D eigenvalue weighted by atomic mass is 10.2. The smallest absolute Gasteiger partial charge is 0.243 e. The fourth-order valence-corrected chi connectivity index (χ4v) is 3.80. The van der Waals surface area contributed by atoms with Crippen LogP contribution >= 0.6 is 11.6 Å². The molecular weight excluding hydrogens is 304 g/mol. The summed E-state index contributed by atoms with van der Waals surface area (Å²) in [6.45, 7) is 2.11. The second kappa shape index (κ2) is 5.87. The van der Waals surface area contributed by atoms with Crippen LogP contribution < -0.4 is 5.73 Å². The largest absolute Gasteiger partial charge is 0.398 e. The van der Waals surface area contributed by atoms with Crippen LogP contribution in [0.2, 0.25) is 5.02 Å². The Hall–Kier alpha value is -0.860. The molecule has 0 aromatic heterocycles. The predicted molar refractivity (Wildman–Crippen MR) is 76.2 cm³/mol. The molecule has 1 atom stereocenters.